The summed E-state index contributed by atoms with van der Waals surface area (Å²) in [5.74, 6) is -0.365. The van der Waals surface area contributed by atoms with Gasteiger partial charge in [-0.15, -0.1) is 0 Å². The summed E-state index contributed by atoms with van der Waals surface area (Å²) in [4.78, 5) is 0. The van der Waals surface area contributed by atoms with Gasteiger partial charge in [-0.3, -0.25) is 0 Å². The predicted octanol–water partition coefficient (Wildman–Crippen LogP) is 2.13. The molecule has 1 aromatic carbocycles. The van der Waals surface area contributed by atoms with Gasteiger partial charge >= 0.3 is 0 Å². The number of hydrogen-bond acceptors (Lipinski definition) is 2. The van der Waals surface area contributed by atoms with E-state index >= 15 is 0 Å². The van der Waals surface area contributed by atoms with Crippen molar-refractivity contribution in [2.24, 2.45) is 5.73 Å². The van der Waals surface area contributed by atoms with Crippen LogP contribution in [0.15, 0.2) is 12.1 Å². The van der Waals surface area contributed by atoms with Gasteiger partial charge in [0.1, 0.15) is 6.61 Å². The highest BCUT2D eigenvalue weighted by Gasteiger charge is 2.10. The number of halogens is 2. The van der Waals surface area contributed by atoms with Gasteiger partial charge in [0.05, 0.1) is 5.02 Å². The van der Waals surface area contributed by atoms with Gasteiger partial charge < -0.3 is 10.5 Å². The summed E-state index contributed by atoms with van der Waals surface area (Å²) in [5, 5.41) is 0.313. The lowest BCUT2D eigenvalue weighted by Gasteiger charge is -2.09. The van der Waals surface area contributed by atoms with Crippen LogP contribution in [0.1, 0.15) is 5.56 Å². The van der Waals surface area contributed by atoms with Gasteiger partial charge in [0.2, 0.25) is 0 Å². The molecule has 0 aromatic heterocycles. The number of benzene rings is 1. The fraction of sp³-hybridized carbons (Fsp3) is 0.333. The maximum Gasteiger partial charge on any atom is 0.173 e. The Bertz CT molecular complexity index is 304. The van der Waals surface area contributed by atoms with Crippen LogP contribution < -0.4 is 10.5 Å². The molecule has 13 heavy (non-hydrogen) atoms. The van der Waals surface area contributed by atoms with Gasteiger partial charge in [-0.25, -0.2) is 4.39 Å². The molecule has 0 spiro atoms. The van der Waals surface area contributed by atoms with Gasteiger partial charge in [-0.1, -0.05) is 17.7 Å². The average Bonchev–Trinajstić information content (AvgIpc) is 2.12. The second-order valence-corrected chi connectivity index (χ2v) is 3.02. The molecular weight excluding hydrogens is 193 g/mol. The molecule has 0 bridgehead atoms. The Kier molecular flexibility index (Phi) is 3.51. The minimum absolute atomic E-state index is 0.0899. The first-order valence-electron chi connectivity index (χ1n) is 3.94. The molecule has 0 aliphatic heterocycles. The summed E-state index contributed by atoms with van der Waals surface area (Å²) in [5.41, 5.74) is 6.01. The monoisotopic (exact) mass is 203 g/mol. The van der Waals surface area contributed by atoms with Crippen LogP contribution >= 0.6 is 11.6 Å². The first-order valence-corrected chi connectivity index (χ1v) is 4.32. The van der Waals surface area contributed by atoms with Crippen molar-refractivity contribution in [1.82, 2.24) is 0 Å². The molecule has 0 heterocycles. The molecule has 0 atom stereocenters. The SMILES string of the molecule is Cc1ccc(F)c(OCCN)c1Cl. The molecule has 2 N–H and O–H groups in total. The Labute approximate surface area is 81.4 Å². The zero-order valence-corrected chi connectivity index (χ0v) is 8.07. The van der Waals surface area contributed by atoms with Gasteiger partial charge in [0, 0.05) is 6.54 Å². The molecule has 0 saturated carbocycles. The number of aryl methyl sites for hydroxylation is 1. The molecule has 0 amide bonds. The highest BCUT2D eigenvalue weighted by atomic mass is 35.5. The van der Waals surface area contributed by atoms with Crippen molar-refractivity contribution in [3.05, 3.63) is 28.5 Å². The second-order valence-electron chi connectivity index (χ2n) is 2.64. The van der Waals surface area contributed by atoms with E-state index < -0.39 is 5.82 Å². The van der Waals surface area contributed by atoms with Crippen LogP contribution in [0.2, 0.25) is 5.02 Å². The molecule has 72 valence electrons. The van der Waals surface area contributed by atoms with Crippen LogP contribution in [-0.2, 0) is 0 Å². The highest BCUT2D eigenvalue weighted by Crippen LogP contribution is 2.30. The molecule has 0 fully saturated rings. The zero-order valence-electron chi connectivity index (χ0n) is 7.31. The Morgan fingerprint density at radius 3 is 2.85 bits per heavy atom. The fourth-order valence-electron chi connectivity index (χ4n) is 0.924. The third kappa shape index (κ3) is 2.32. The van der Waals surface area contributed by atoms with Gasteiger partial charge in [0.15, 0.2) is 11.6 Å². The van der Waals surface area contributed by atoms with Crippen LogP contribution in [0.3, 0.4) is 0 Å². The molecule has 1 aromatic rings. The lowest BCUT2D eigenvalue weighted by atomic mass is 10.2. The first-order chi connectivity index (χ1) is 6.16. The van der Waals surface area contributed by atoms with E-state index in [1.165, 1.54) is 6.07 Å². The maximum atomic E-state index is 13.1. The summed E-state index contributed by atoms with van der Waals surface area (Å²) < 4.78 is 18.2. The molecule has 0 unspecified atom stereocenters. The van der Waals surface area contributed by atoms with Crippen LogP contribution in [-0.4, -0.2) is 13.2 Å². The minimum atomic E-state index is -0.455. The van der Waals surface area contributed by atoms with E-state index in [1.807, 2.05) is 0 Å². The van der Waals surface area contributed by atoms with Gasteiger partial charge in [-0.05, 0) is 18.6 Å². The van der Waals surface area contributed by atoms with E-state index in [9.17, 15) is 4.39 Å². The van der Waals surface area contributed by atoms with Crippen molar-refractivity contribution in [1.29, 1.82) is 0 Å². The Morgan fingerprint density at radius 1 is 1.54 bits per heavy atom. The lowest BCUT2D eigenvalue weighted by Crippen LogP contribution is -2.11. The number of hydrogen-bond donors (Lipinski definition) is 1. The summed E-state index contributed by atoms with van der Waals surface area (Å²) in [7, 11) is 0. The average molecular weight is 204 g/mol. The van der Waals surface area contributed by atoms with E-state index in [-0.39, 0.29) is 12.4 Å². The standard InChI is InChI=1S/C9H11ClFNO/c1-6-2-3-7(11)9(8(6)10)13-5-4-12/h2-3H,4-5,12H2,1H3. The topological polar surface area (TPSA) is 35.2 Å². The summed E-state index contributed by atoms with van der Waals surface area (Å²) in [6.45, 7) is 2.39. The normalized spacial score (nSPS) is 10.2. The molecule has 2 nitrogen and oxygen atoms in total. The van der Waals surface area contributed by atoms with Crippen LogP contribution in [0, 0.1) is 12.7 Å². The van der Waals surface area contributed by atoms with Crippen molar-refractivity contribution in [2.75, 3.05) is 13.2 Å². The van der Waals surface area contributed by atoms with E-state index in [1.54, 1.807) is 13.0 Å². The van der Waals surface area contributed by atoms with Crippen molar-refractivity contribution in [3.8, 4) is 5.75 Å². The Balaban J connectivity index is 2.96. The number of rotatable bonds is 3. The van der Waals surface area contributed by atoms with Crippen LogP contribution in [0.4, 0.5) is 4.39 Å². The smallest absolute Gasteiger partial charge is 0.173 e. The molecule has 0 saturated heterocycles. The number of ether oxygens (including phenoxy) is 1. The molecular formula is C9H11ClFNO. The molecule has 0 aliphatic carbocycles. The molecule has 4 heteroatoms. The third-order valence-corrected chi connectivity index (χ3v) is 2.08. The number of nitrogens with two attached hydrogens (primary N) is 1. The van der Waals surface area contributed by atoms with E-state index in [4.69, 9.17) is 22.1 Å². The van der Waals surface area contributed by atoms with E-state index in [2.05, 4.69) is 0 Å². The predicted molar refractivity (Wildman–Crippen MR) is 50.7 cm³/mol. The quantitative estimate of drug-likeness (QED) is 0.817. The lowest BCUT2D eigenvalue weighted by molar-refractivity contribution is 0.311. The van der Waals surface area contributed by atoms with Gasteiger partial charge in [-0.2, -0.15) is 0 Å². The Hall–Kier alpha value is -0.800. The maximum absolute atomic E-state index is 13.1. The Morgan fingerprint density at radius 2 is 2.23 bits per heavy atom. The highest BCUT2D eigenvalue weighted by molar-refractivity contribution is 6.32. The molecule has 1 rings (SSSR count). The minimum Gasteiger partial charge on any atom is -0.488 e. The summed E-state index contributed by atoms with van der Waals surface area (Å²) in [6.07, 6.45) is 0. The summed E-state index contributed by atoms with van der Waals surface area (Å²) in [6, 6.07) is 2.93. The zero-order chi connectivity index (χ0) is 9.84. The van der Waals surface area contributed by atoms with Crippen molar-refractivity contribution >= 4 is 11.6 Å². The van der Waals surface area contributed by atoms with E-state index in [0.717, 1.165) is 5.56 Å². The second kappa shape index (κ2) is 4.44. The van der Waals surface area contributed by atoms with Crippen LogP contribution in [0.5, 0.6) is 5.75 Å². The van der Waals surface area contributed by atoms with E-state index in [0.29, 0.717) is 11.6 Å². The van der Waals surface area contributed by atoms with Gasteiger partial charge in [0.25, 0.3) is 0 Å². The third-order valence-electron chi connectivity index (χ3n) is 1.61. The summed E-state index contributed by atoms with van der Waals surface area (Å²) >= 11 is 5.83. The largest absolute Gasteiger partial charge is 0.488 e. The fourth-order valence-corrected chi connectivity index (χ4v) is 1.13. The van der Waals surface area contributed by atoms with Crippen molar-refractivity contribution in [3.63, 3.8) is 0 Å². The molecule has 0 aliphatic rings. The first kappa shape index (κ1) is 10.3. The van der Waals surface area contributed by atoms with Crippen LogP contribution in [0.25, 0.3) is 0 Å². The van der Waals surface area contributed by atoms with Crippen molar-refractivity contribution in [2.45, 2.75) is 6.92 Å². The van der Waals surface area contributed by atoms with Crippen molar-refractivity contribution < 1.29 is 9.13 Å². The molecule has 0 radical (unpaired) electrons.